The molecule has 0 aliphatic carbocycles. The minimum atomic E-state index is -4.59. The van der Waals surface area contributed by atoms with Crippen LogP contribution in [-0.4, -0.2) is 14.2 Å². The minimum Gasteiger partial charge on any atom is -0.218 e. The summed E-state index contributed by atoms with van der Waals surface area (Å²) in [7, 11) is -4.59. The van der Waals surface area contributed by atoms with Gasteiger partial charge in [-0.15, -0.1) is 0 Å². The molecule has 0 radical (unpaired) electrons. The molecule has 0 aliphatic heterocycles. The van der Waals surface area contributed by atoms with Crippen molar-refractivity contribution in [3.05, 3.63) is 54.3 Å². The molecule has 0 bridgehead atoms. The number of hydrogen-bond acceptors (Lipinski definition) is 3. The second kappa shape index (κ2) is 5.88. The van der Waals surface area contributed by atoms with Crippen molar-refractivity contribution in [1.82, 2.24) is 0 Å². The van der Waals surface area contributed by atoms with Crippen LogP contribution in [0.2, 0.25) is 0 Å². The molecule has 20 heavy (non-hydrogen) atoms. The lowest BCUT2D eigenvalue weighted by Gasteiger charge is -2.05. The standard InChI is InChI=1S/C13H9F3O2S2/c14-11-3-1-2-4-12(11)19-9-5-7-10(8-6-9)20(17,18)13(15)16/h1-8,13H. The van der Waals surface area contributed by atoms with Crippen molar-refractivity contribution in [3.8, 4) is 0 Å². The molecule has 106 valence electrons. The Labute approximate surface area is 118 Å². The van der Waals surface area contributed by atoms with Gasteiger partial charge in [-0.1, -0.05) is 23.9 Å². The molecule has 2 rings (SSSR count). The molecule has 0 amide bonds. The van der Waals surface area contributed by atoms with Crippen LogP contribution in [0, 0.1) is 5.82 Å². The lowest BCUT2D eigenvalue weighted by Crippen LogP contribution is -2.10. The van der Waals surface area contributed by atoms with Crippen molar-refractivity contribution in [3.63, 3.8) is 0 Å². The van der Waals surface area contributed by atoms with Gasteiger partial charge in [0.25, 0.3) is 0 Å². The summed E-state index contributed by atoms with van der Waals surface area (Å²) in [5.41, 5.74) is 0. The quantitative estimate of drug-likeness (QED) is 0.855. The van der Waals surface area contributed by atoms with E-state index in [2.05, 4.69) is 0 Å². The zero-order chi connectivity index (χ0) is 14.8. The lowest BCUT2D eigenvalue weighted by molar-refractivity contribution is 0.234. The smallest absolute Gasteiger partial charge is 0.218 e. The highest BCUT2D eigenvalue weighted by Gasteiger charge is 2.26. The second-order valence-corrected chi connectivity index (χ2v) is 6.84. The number of sulfone groups is 1. The maximum absolute atomic E-state index is 13.4. The van der Waals surface area contributed by atoms with Gasteiger partial charge in [-0.05, 0) is 36.4 Å². The molecule has 0 N–H and O–H groups in total. The number of alkyl halides is 2. The Bertz CT molecular complexity index is 698. The normalized spacial score (nSPS) is 11.8. The first-order chi connectivity index (χ1) is 9.41. The van der Waals surface area contributed by atoms with Crippen LogP contribution < -0.4 is 0 Å². The molecule has 0 unspecified atom stereocenters. The summed E-state index contributed by atoms with van der Waals surface area (Å²) in [4.78, 5) is 0.477. The predicted octanol–water partition coefficient (Wildman–Crippen LogP) is 3.97. The molecule has 0 heterocycles. The van der Waals surface area contributed by atoms with Crippen molar-refractivity contribution in [2.24, 2.45) is 0 Å². The summed E-state index contributed by atoms with van der Waals surface area (Å²) in [5, 5.41) is 0. The van der Waals surface area contributed by atoms with Gasteiger partial charge in [0.2, 0.25) is 9.84 Å². The molecule has 7 heteroatoms. The zero-order valence-electron chi connectivity index (χ0n) is 9.96. The summed E-state index contributed by atoms with van der Waals surface area (Å²) in [6.45, 7) is 0. The van der Waals surface area contributed by atoms with E-state index in [1.54, 1.807) is 18.2 Å². The second-order valence-electron chi connectivity index (χ2n) is 3.81. The van der Waals surface area contributed by atoms with Crippen LogP contribution in [0.5, 0.6) is 0 Å². The summed E-state index contributed by atoms with van der Waals surface area (Å²) in [5.74, 6) is -3.85. The predicted molar refractivity (Wildman–Crippen MR) is 70.2 cm³/mol. The molecule has 0 atom stereocenters. The largest absolute Gasteiger partial charge is 0.341 e. The third kappa shape index (κ3) is 3.16. The Balaban J connectivity index is 2.24. The summed E-state index contributed by atoms with van der Waals surface area (Å²) < 4.78 is 60.6. The highest BCUT2D eigenvalue weighted by Crippen LogP contribution is 2.30. The molecular formula is C13H9F3O2S2. The van der Waals surface area contributed by atoms with Gasteiger partial charge in [-0.2, -0.15) is 8.78 Å². The number of benzene rings is 2. The Morgan fingerprint density at radius 1 is 0.950 bits per heavy atom. The Hall–Kier alpha value is -1.47. The van der Waals surface area contributed by atoms with Gasteiger partial charge in [-0.25, -0.2) is 12.8 Å². The average Bonchev–Trinajstić information content (AvgIpc) is 2.42. The lowest BCUT2D eigenvalue weighted by atomic mass is 10.3. The Kier molecular flexibility index (Phi) is 4.39. The van der Waals surface area contributed by atoms with E-state index >= 15 is 0 Å². The molecular weight excluding hydrogens is 309 g/mol. The van der Waals surface area contributed by atoms with E-state index in [9.17, 15) is 21.6 Å². The van der Waals surface area contributed by atoms with Crippen molar-refractivity contribution in [2.75, 3.05) is 0 Å². The molecule has 0 fully saturated rings. The molecule has 0 aliphatic rings. The first-order valence-electron chi connectivity index (χ1n) is 5.46. The summed E-state index contributed by atoms with van der Waals surface area (Å²) >= 11 is 1.08. The number of halogens is 3. The van der Waals surface area contributed by atoms with Crippen LogP contribution in [0.15, 0.2) is 63.2 Å². The summed E-state index contributed by atoms with van der Waals surface area (Å²) in [6.07, 6.45) is 0. The van der Waals surface area contributed by atoms with E-state index in [-0.39, 0.29) is 0 Å². The van der Waals surface area contributed by atoms with Gasteiger partial charge >= 0.3 is 5.76 Å². The van der Waals surface area contributed by atoms with Gasteiger partial charge in [0.05, 0.1) is 4.90 Å². The van der Waals surface area contributed by atoms with Crippen LogP contribution in [-0.2, 0) is 9.84 Å². The maximum atomic E-state index is 13.4. The van der Waals surface area contributed by atoms with Gasteiger partial charge < -0.3 is 0 Å². The number of rotatable bonds is 4. The third-order valence-corrected chi connectivity index (χ3v) is 4.91. The highest BCUT2D eigenvalue weighted by molar-refractivity contribution is 7.99. The van der Waals surface area contributed by atoms with E-state index in [0.717, 1.165) is 23.9 Å². The molecule has 2 nitrogen and oxygen atoms in total. The average molecular weight is 318 g/mol. The van der Waals surface area contributed by atoms with Crippen LogP contribution in [0.4, 0.5) is 13.2 Å². The van der Waals surface area contributed by atoms with Crippen molar-refractivity contribution in [1.29, 1.82) is 0 Å². The SMILES string of the molecule is O=S(=O)(c1ccc(Sc2ccccc2F)cc1)C(F)F. The van der Waals surface area contributed by atoms with E-state index in [1.165, 1.54) is 18.2 Å². The van der Waals surface area contributed by atoms with Crippen molar-refractivity contribution in [2.45, 2.75) is 20.4 Å². The molecule has 0 aromatic heterocycles. The van der Waals surface area contributed by atoms with Crippen LogP contribution >= 0.6 is 11.8 Å². The third-order valence-electron chi connectivity index (χ3n) is 2.45. The zero-order valence-corrected chi connectivity index (χ0v) is 11.6. The fourth-order valence-corrected chi connectivity index (χ4v) is 3.01. The van der Waals surface area contributed by atoms with E-state index < -0.39 is 26.3 Å². The maximum Gasteiger partial charge on any atom is 0.341 e. The first-order valence-corrected chi connectivity index (χ1v) is 7.82. The van der Waals surface area contributed by atoms with Crippen molar-refractivity contribution < 1.29 is 21.6 Å². The van der Waals surface area contributed by atoms with Crippen molar-refractivity contribution >= 4 is 21.6 Å². The Morgan fingerprint density at radius 3 is 2.10 bits per heavy atom. The fourth-order valence-electron chi connectivity index (χ4n) is 1.45. The van der Waals surface area contributed by atoms with E-state index in [4.69, 9.17) is 0 Å². The minimum absolute atomic E-state index is 0.372. The van der Waals surface area contributed by atoms with Gasteiger partial charge in [-0.3, -0.25) is 0 Å². The van der Waals surface area contributed by atoms with Crippen LogP contribution in [0.1, 0.15) is 0 Å². The van der Waals surface area contributed by atoms with E-state index in [1.807, 2.05) is 0 Å². The first kappa shape index (κ1) is 14.9. The van der Waals surface area contributed by atoms with Gasteiger partial charge in [0.15, 0.2) is 0 Å². The topological polar surface area (TPSA) is 34.1 Å². The highest BCUT2D eigenvalue weighted by atomic mass is 32.2. The van der Waals surface area contributed by atoms with Gasteiger partial charge in [0.1, 0.15) is 5.82 Å². The monoisotopic (exact) mass is 318 g/mol. The Morgan fingerprint density at radius 2 is 1.55 bits per heavy atom. The summed E-state index contributed by atoms with van der Waals surface area (Å²) in [6, 6.07) is 11.0. The fraction of sp³-hybridized carbons (Fsp3) is 0.0769. The van der Waals surface area contributed by atoms with Crippen LogP contribution in [0.3, 0.4) is 0 Å². The molecule has 2 aromatic carbocycles. The molecule has 0 spiro atoms. The number of hydrogen-bond donors (Lipinski definition) is 0. The van der Waals surface area contributed by atoms with Gasteiger partial charge in [0, 0.05) is 9.79 Å². The van der Waals surface area contributed by atoms with E-state index in [0.29, 0.717) is 9.79 Å². The molecule has 0 saturated heterocycles. The molecule has 0 saturated carbocycles. The van der Waals surface area contributed by atoms with Crippen LogP contribution in [0.25, 0.3) is 0 Å². The molecule has 2 aromatic rings.